The van der Waals surface area contributed by atoms with Gasteiger partial charge < -0.3 is 0 Å². The molecule has 0 radical (unpaired) electrons. The summed E-state index contributed by atoms with van der Waals surface area (Å²) >= 11 is 0. The normalized spacial score (nSPS) is 29.3. The number of halogens is 3. The number of hydrogen-bond acceptors (Lipinski definition) is 0. The Kier molecular flexibility index (Phi) is 7.43. The summed E-state index contributed by atoms with van der Waals surface area (Å²) in [4.78, 5) is 0. The van der Waals surface area contributed by atoms with Crippen LogP contribution in [0.25, 0.3) is 6.08 Å². The summed E-state index contributed by atoms with van der Waals surface area (Å²) in [6.45, 7) is 2.33. The Morgan fingerprint density at radius 2 is 1.33 bits per heavy atom. The molecule has 0 amide bonds. The molecule has 0 aromatic heterocycles. The first-order valence-electron chi connectivity index (χ1n) is 10.9. The fourth-order valence-corrected chi connectivity index (χ4v) is 5.24. The molecule has 1 aromatic rings. The molecule has 3 heteroatoms. The van der Waals surface area contributed by atoms with Crippen LogP contribution in [-0.4, -0.2) is 0 Å². The van der Waals surface area contributed by atoms with Gasteiger partial charge in [0.1, 0.15) is 0 Å². The van der Waals surface area contributed by atoms with Gasteiger partial charge in [-0.05, 0) is 79.9 Å². The molecule has 2 aliphatic carbocycles. The van der Waals surface area contributed by atoms with E-state index in [1.807, 2.05) is 6.08 Å². The summed E-state index contributed by atoms with van der Waals surface area (Å²) in [6, 6.07) is 2.10. The molecule has 0 aliphatic heterocycles. The highest BCUT2D eigenvalue weighted by Crippen LogP contribution is 2.42. The van der Waals surface area contributed by atoms with E-state index in [1.165, 1.54) is 57.8 Å². The van der Waals surface area contributed by atoms with Gasteiger partial charge in [-0.1, -0.05) is 51.2 Å². The lowest BCUT2D eigenvalue weighted by Crippen LogP contribution is -2.25. The zero-order chi connectivity index (χ0) is 19.2. The molecule has 0 N–H and O–H groups in total. The molecule has 150 valence electrons. The van der Waals surface area contributed by atoms with Crippen molar-refractivity contribution in [1.29, 1.82) is 0 Å². The summed E-state index contributed by atoms with van der Waals surface area (Å²) in [7, 11) is 0. The third-order valence-corrected chi connectivity index (χ3v) is 7.08. The van der Waals surface area contributed by atoms with E-state index < -0.39 is 17.5 Å². The lowest BCUT2D eigenvalue weighted by molar-refractivity contribution is 0.143. The van der Waals surface area contributed by atoms with Crippen molar-refractivity contribution in [2.75, 3.05) is 0 Å². The van der Waals surface area contributed by atoms with E-state index >= 15 is 0 Å². The summed E-state index contributed by atoms with van der Waals surface area (Å²) in [5.41, 5.74) is 0.387. The molecule has 2 fully saturated rings. The van der Waals surface area contributed by atoms with Gasteiger partial charge in [-0.3, -0.25) is 0 Å². The van der Waals surface area contributed by atoms with E-state index in [0.29, 0.717) is 5.56 Å². The summed E-state index contributed by atoms with van der Waals surface area (Å²) in [6.07, 6.45) is 18.2. The number of rotatable bonds is 6. The van der Waals surface area contributed by atoms with E-state index in [-0.39, 0.29) is 0 Å². The van der Waals surface area contributed by atoms with Crippen LogP contribution in [-0.2, 0) is 0 Å². The summed E-state index contributed by atoms with van der Waals surface area (Å²) < 4.78 is 39.4. The second kappa shape index (κ2) is 9.80. The minimum absolute atomic E-state index is 0.387. The van der Waals surface area contributed by atoms with Gasteiger partial charge in [0.2, 0.25) is 0 Å². The second-order valence-electron chi connectivity index (χ2n) is 8.75. The van der Waals surface area contributed by atoms with Crippen molar-refractivity contribution in [1.82, 2.24) is 0 Å². The van der Waals surface area contributed by atoms with Crippen molar-refractivity contribution >= 4 is 6.08 Å². The van der Waals surface area contributed by atoms with E-state index in [9.17, 15) is 13.2 Å². The topological polar surface area (TPSA) is 0 Å². The first-order chi connectivity index (χ1) is 13.1. The Hall–Kier alpha value is -1.25. The van der Waals surface area contributed by atoms with Crippen LogP contribution in [0.15, 0.2) is 18.2 Å². The van der Waals surface area contributed by atoms with Gasteiger partial charge in [-0.2, -0.15) is 0 Å². The van der Waals surface area contributed by atoms with Gasteiger partial charge in [-0.25, -0.2) is 13.2 Å². The van der Waals surface area contributed by atoms with Gasteiger partial charge in [-0.15, -0.1) is 0 Å². The van der Waals surface area contributed by atoms with Gasteiger partial charge in [0.15, 0.2) is 17.5 Å². The fourth-order valence-electron chi connectivity index (χ4n) is 5.24. The largest absolute Gasteiger partial charge is 0.204 e. The number of benzene rings is 1. The molecule has 3 rings (SSSR count). The lowest BCUT2D eigenvalue weighted by atomic mass is 9.68. The third-order valence-electron chi connectivity index (χ3n) is 7.08. The van der Waals surface area contributed by atoms with Crippen LogP contribution in [0.2, 0.25) is 0 Å². The highest BCUT2D eigenvalue weighted by atomic mass is 19.2. The molecule has 0 heterocycles. The molecule has 0 spiro atoms. The van der Waals surface area contributed by atoms with Crippen molar-refractivity contribution in [3.8, 4) is 0 Å². The fraction of sp³-hybridized carbons (Fsp3) is 0.667. The zero-order valence-corrected chi connectivity index (χ0v) is 16.5. The Bertz CT molecular complexity index is 598. The predicted octanol–water partition coefficient (Wildman–Crippen LogP) is 7.92. The molecule has 27 heavy (non-hydrogen) atoms. The quantitative estimate of drug-likeness (QED) is 0.441. The molecule has 0 bridgehead atoms. The molecular formula is C24H33F3. The zero-order valence-electron chi connectivity index (χ0n) is 16.5. The van der Waals surface area contributed by atoms with Crippen molar-refractivity contribution in [2.45, 2.75) is 77.6 Å². The standard InChI is InChI=1S/C24H33F3/c1-2-17-7-11-20(12-8-17)21-13-9-18(10-14-21)5-3-4-6-19-15-22(25)24(27)23(26)16-19/h4,6,15-18,20-21H,2-3,5,7-14H2,1H3. The molecular weight excluding hydrogens is 345 g/mol. The first-order valence-corrected chi connectivity index (χ1v) is 10.9. The Labute approximate surface area is 162 Å². The maximum atomic E-state index is 13.2. The van der Waals surface area contributed by atoms with Gasteiger partial charge in [0.25, 0.3) is 0 Å². The third kappa shape index (κ3) is 5.62. The predicted molar refractivity (Wildman–Crippen MR) is 106 cm³/mol. The highest BCUT2D eigenvalue weighted by molar-refractivity contribution is 5.49. The van der Waals surface area contributed by atoms with Crippen LogP contribution in [0, 0.1) is 41.1 Å². The highest BCUT2D eigenvalue weighted by Gasteiger charge is 2.30. The molecule has 0 atom stereocenters. The average Bonchev–Trinajstić information content (AvgIpc) is 2.70. The molecule has 0 nitrogen and oxygen atoms in total. The van der Waals surface area contributed by atoms with Crippen molar-refractivity contribution < 1.29 is 13.2 Å². The van der Waals surface area contributed by atoms with Gasteiger partial charge >= 0.3 is 0 Å². The minimum Gasteiger partial charge on any atom is -0.204 e. The van der Waals surface area contributed by atoms with Crippen molar-refractivity contribution in [3.63, 3.8) is 0 Å². The summed E-state index contributed by atoms with van der Waals surface area (Å²) in [5.74, 6) is 0.0256. The minimum atomic E-state index is -1.40. The smallest absolute Gasteiger partial charge is 0.194 e. The van der Waals surface area contributed by atoms with E-state index in [1.54, 1.807) is 6.08 Å². The molecule has 0 saturated heterocycles. The monoisotopic (exact) mass is 378 g/mol. The molecule has 2 aliphatic rings. The van der Waals surface area contributed by atoms with Crippen LogP contribution in [0.1, 0.15) is 83.1 Å². The van der Waals surface area contributed by atoms with Crippen molar-refractivity contribution in [2.24, 2.45) is 23.7 Å². The Morgan fingerprint density at radius 3 is 1.85 bits per heavy atom. The van der Waals surface area contributed by atoms with Gasteiger partial charge in [0.05, 0.1) is 0 Å². The maximum Gasteiger partial charge on any atom is 0.194 e. The van der Waals surface area contributed by atoms with Crippen LogP contribution in [0.5, 0.6) is 0 Å². The van der Waals surface area contributed by atoms with Crippen LogP contribution in [0.4, 0.5) is 13.2 Å². The van der Waals surface area contributed by atoms with Crippen molar-refractivity contribution in [3.05, 3.63) is 41.2 Å². The molecule has 2 saturated carbocycles. The summed E-state index contributed by atoms with van der Waals surface area (Å²) in [5, 5.41) is 0. The number of hydrogen-bond donors (Lipinski definition) is 0. The Balaban J connectivity index is 1.37. The average molecular weight is 379 g/mol. The van der Waals surface area contributed by atoms with Crippen LogP contribution < -0.4 is 0 Å². The van der Waals surface area contributed by atoms with Crippen LogP contribution >= 0.6 is 0 Å². The van der Waals surface area contributed by atoms with E-state index in [0.717, 1.165) is 48.6 Å². The SMILES string of the molecule is CCC1CCC(C2CCC(CCC=Cc3cc(F)c(F)c(F)c3)CC2)CC1. The second-order valence-corrected chi connectivity index (χ2v) is 8.75. The Morgan fingerprint density at radius 1 is 0.815 bits per heavy atom. The van der Waals surface area contributed by atoms with E-state index in [4.69, 9.17) is 0 Å². The van der Waals surface area contributed by atoms with Crippen LogP contribution in [0.3, 0.4) is 0 Å². The molecule has 0 unspecified atom stereocenters. The maximum absolute atomic E-state index is 13.2. The van der Waals surface area contributed by atoms with Gasteiger partial charge in [0, 0.05) is 0 Å². The lowest BCUT2D eigenvalue weighted by Gasteiger charge is -2.37. The number of allylic oxidation sites excluding steroid dienone is 1. The molecule has 1 aromatic carbocycles. The first kappa shape index (κ1) is 20.5. The van der Waals surface area contributed by atoms with E-state index in [2.05, 4.69) is 6.92 Å².